The van der Waals surface area contributed by atoms with Crippen molar-refractivity contribution in [2.24, 2.45) is 0 Å². The summed E-state index contributed by atoms with van der Waals surface area (Å²) in [5, 5.41) is 11.7. The molecule has 0 radical (unpaired) electrons. The van der Waals surface area contributed by atoms with Gasteiger partial charge < -0.3 is 24.5 Å². The molecule has 0 aliphatic carbocycles. The number of aryl methyl sites for hydroxylation is 1. The fourth-order valence-corrected chi connectivity index (χ4v) is 2.98. The summed E-state index contributed by atoms with van der Waals surface area (Å²) in [6.07, 6.45) is 0.279. The number of nitrogens with one attached hydrogen (secondary N) is 2. The van der Waals surface area contributed by atoms with E-state index in [2.05, 4.69) is 10.3 Å². The van der Waals surface area contributed by atoms with Crippen molar-refractivity contribution in [2.45, 2.75) is 26.7 Å². The third-order valence-electron chi connectivity index (χ3n) is 4.53. The number of methoxy groups -OCH3 is 2. The van der Waals surface area contributed by atoms with E-state index >= 15 is 0 Å². The first-order valence-corrected chi connectivity index (χ1v) is 9.10. The first-order chi connectivity index (χ1) is 14.3. The van der Waals surface area contributed by atoms with Crippen LogP contribution < -0.4 is 20.3 Å². The Morgan fingerprint density at radius 3 is 2.50 bits per heavy atom. The highest BCUT2D eigenvalue weighted by atomic mass is 16.5. The van der Waals surface area contributed by atoms with Gasteiger partial charge in [-0.3, -0.25) is 14.4 Å². The number of nitriles is 1. The lowest BCUT2D eigenvalue weighted by atomic mass is 9.99. The smallest absolute Gasteiger partial charge is 0.306 e. The van der Waals surface area contributed by atoms with Gasteiger partial charge in [0.25, 0.3) is 11.5 Å². The fourth-order valence-electron chi connectivity index (χ4n) is 2.98. The summed E-state index contributed by atoms with van der Waals surface area (Å²) in [6, 6.07) is 6.74. The molecule has 0 saturated carbocycles. The van der Waals surface area contributed by atoms with Gasteiger partial charge in [0.05, 0.1) is 14.2 Å². The normalized spacial score (nSPS) is 10.1. The van der Waals surface area contributed by atoms with Crippen LogP contribution in [0.3, 0.4) is 0 Å². The lowest BCUT2D eigenvalue weighted by molar-refractivity contribution is -0.147. The van der Waals surface area contributed by atoms with Gasteiger partial charge >= 0.3 is 5.97 Å². The summed E-state index contributed by atoms with van der Waals surface area (Å²) in [5.74, 6) is -0.0929. The van der Waals surface area contributed by atoms with Crippen molar-refractivity contribution < 1.29 is 23.8 Å². The minimum Gasteiger partial charge on any atom is -0.493 e. The van der Waals surface area contributed by atoms with E-state index in [0.717, 1.165) is 0 Å². The molecule has 9 heteroatoms. The number of ether oxygens (including phenoxy) is 3. The monoisotopic (exact) mass is 413 g/mol. The fraction of sp³-hybridized carbons (Fsp3) is 0.333. The number of hydrogen-bond acceptors (Lipinski definition) is 7. The topological polar surface area (TPSA) is 131 Å². The van der Waals surface area contributed by atoms with Crippen molar-refractivity contribution in [1.29, 1.82) is 5.26 Å². The van der Waals surface area contributed by atoms with Crippen molar-refractivity contribution in [2.75, 3.05) is 26.1 Å². The Morgan fingerprint density at radius 2 is 1.87 bits per heavy atom. The SMILES string of the molecule is COc1ccc(NC(=O)COC(=O)CCc2c(C)[nH]c(=O)c(C#N)c2C)cc1OC. The van der Waals surface area contributed by atoms with Crippen LogP contribution in [-0.2, 0) is 20.7 Å². The molecule has 158 valence electrons. The minimum atomic E-state index is -0.569. The van der Waals surface area contributed by atoms with Crippen molar-refractivity contribution in [3.8, 4) is 17.6 Å². The number of benzene rings is 1. The molecule has 1 amide bonds. The van der Waals surface area contributed by atoms with E-state index in [4.69, 9.17) is 19.5 Å². The second kappa shape index (κ2) is 10.1. The summed E-state index contributed by atoms with van der Waals surface area (Å²) in [4.78, 5) is 38.4. The number of H-pyrrole nitrogens is 1. The van der Waals surface area contributed by atoms with Gasteiger partial charge in [-0.05, 0) is 43.5 Å². The van der Waals surface area contributed by atoms with Gasteiger partial charge in [-0.25, -0.2) is 0 Å². The number of carbonyl (C=O) groups excluding carboxylic acids is 2. The van der Waals surface area contributed by atoms with E-state index in [0.29, 0.717) is 34.0 Å². The molecule has 1 aromatic heterocycles. The number of aromatic amines is 1. The Labute approximate surface area is 173 Å². The van der Waals surface area contributed by atoms with Gasteiger partial charge in [-0.1, -0.05) is 0 Å². The van der Waals surface area contributed by atoms with E-state index in [1.165, 1.54) is 14.2 Å². The Kier molecular flexibility index (Phi) is 7.58. The Bertz CT molecular complexity index is 1050. The van der Waals surface area contributed by atoms with Gasteiger partial charge in [-0.15, -0.1) is 0 Å². The number of hydrogen-bond donors (Lipinski definition) is 2. The maximum absolute atomic E-state index is 12.0. The van der Waals surface area contributed by atoms with Gasteiger partial charge in [0.2, 0.25) is 0 Å². The van der Waals surface area contributed by atoms with Gasteiger partial charge in [0, 0.05) is 23.9 Å². The molecule has 0 bridgehead atoms. The number of esters is 1. The molecular formula is C21H23N3O6. The van der Waals surface area contributed by atoms with E-state index in [1.807, 2.05) is 6.07 Å². The molecule has 0 aliphatic rings. The van der Waals surface area contributed by atoms with Crippen LogP contribution in [0.5, 0.6) is 11.5 Å². The molecule has 2 N–H and O–H groups in total. The molecule has 0 spiro atoms. The Hall–Kier alpha value is -3.80. The van der Waals surface area contributed by atoms with Crippen LogP contribution in [0.2, 0.25) is 0 Å². The molecule has 0 unspecified atom stereocenters. The van der Waals surface area contributed by atoms with Crippen molar-refractivity contribution in [3.05, 3.63) is 50.9 Å². The van der Waals surface area contributed by atoms with Crippen LogP contribution in [0.1, 0.15) is 28.8 Å². The number of amides is 1. The van der Waals surface area contributed by atoms with E-state index in [-0.39, 0.29) is 18.4 Å². The zero-order valence-electron chi connectivity index (χ0n) is 17.3. The average molecular weight is 413 g/mol. The molecule has 0 aliphatic heterocycles. The second-order valence-electron chi connectivity index (χ2n) is 6.45. The first-order valence-electron chi connectivity index (χ1n) is 9.10. The highest BCUT2D eigenvalue weighted by Gasteiger charge is 2.15. The molecular weight excluding hydrogens is 390 g/mol. The summed E-state index contributed by atoms with van der Waals surface area (Å²) in [6.45, 7) is 2.92. The van der Waals surface area contributed by atoms with E-state index in [1.54, 1.807) is 32.0 Å². The van der Waals surface area contributed by atoms with Crippen molar-refractivity contribution >= 4 is 17.6 Å². The quantitative estimate of drug-likeness (QED) is 0.633. The van der Waals surface area contributed by atoms with E-state index in [9.17, 15) is 14.4 Å². The first kappa shape index (κ1) is 22.5. The minimum absolute atomic E-state index is 0.00221. The molecule has 0 fully saturated rings. The molecule has 2 aromatic rings. The van der Waals surface area contributed by atoms with Crippen LogP contribution in [0.25, 0.3) is 0 Å². The summed E-state index contributed by atoms with van der Waals surface area (Å²) in [7, 11) is 2.99. The predicted octanol–water partition coefficient (Wildman–Crippen LogP) is 2.00. The third-order valence-corrected chi connectivity index (χ3v) is 4.53. The number of rotatable bonds is 8. The number of pyridine rings is 1. The zero-order chi connectivity index (χ0) is 22.3. The number of nitrogens with zero attached hydrogens (tertiary/aromatic N) is 1. The Balaban J connectivity index is 1.91. The van der Waals surface area contributed by atoms with Crippen LogP contribution in [0, 0.1) is 25.2 Å². The zero-order valence-corrected chi connectivity index (χ0v) is 17.3. The summed E-state index contributed by atoms with van der Waals surface area (Å²) < 4.78 is 15.3. The number of carbonyl (C=O) groups is 2. The predicted molar refractivity (Wildman–Crippen MR) is 109 cm³/mol. The lowest BCUT2D eigenvalue weighted by Gasteiger charge is -2.12. The molecule has 0 atom stereocenters. The summed E-state index contributed by atoms with van der Waals surface area (Å²) >= 11 is 0. The molecule has 2 rings (SSSR count). The molecule has 1 aromatic carbocycles. The number of aromatic nitrogens is 1. The van der Waals surface area contributed by atoms with Gasteiger partial charge in [0.15, 0.2) is 18.1 Å². The van der Waals surface area contributed by atoms with E-state index < -0.39 is 24.0 Å². The lowest BCUT2D eigenvalue weighted by Crippen LogP contribution is -2.21. The van der Waals surface area contributed by atoms with Crippen LogP contribution in [-0.4, -0.2) is 37.7 Å². The maximum atomic E-state index is 12.0. The summed E-state index contributed by atoms with van der Waals surface area (Å²) in [5.41, 5.74) is 1.88. The van der Waals surface area contributed by atoms with Gasteiger partial charge in [0.1, 0.15) is 11.6 Å². The highest BCUT2D eigenvalue weighted by Crippen LogP contribution is 2.29. The van der Waals surface area contributed by atoms with Gasteiger partial charge in [-0.2, -0.15) is 5.26 Å². The second-order valence-corrected chi connectivity index (χ2v) is 6.45. The molecule has 0 saturated heterocycles. The molecule has 9 nitrogen and oxygen atoms in total. The van der Waals surface area contributed by atoms with Crippen LogP contribution >= 0.6 is 0 Å². The van der Waals surface area contributed by atoms with Crippen molar-refractivity contribution in [3.63, 3.8) is 0 Å². The highest BCUT2D eigenvalue weighted by molar-refractivity contribution is 5.93. The third kappa shape index (κ3) is 5.38. The molecule has 1 heterocycles. The maximum Gasteiger partial charge on any atom is 0.306 e. The largest absolute Gasteiger partial charge is 0.493 e. The van der Waals surface area contributed by atoms with Crippen LogP contribution in [0.4, 0.5) is 5.69 Å². The standard InChI is InChI=1S/C21H23N3O6/c1-12-15(13(2)23-21(27)16(12)10-22)6-8-20(26)30-11-19(25)24-14-5-7-17(28-3)18(9-14)29-4/h5,7,9H,6,8,11H2,1-4H3,(H,23,27)(H,24,25). The van der Waals surface area contributed by atoms with Crippen LogP contribution in [0.15, 0.2) is 23.0 Å². The molecule has 30 heavy (non-hydrogen) atoms. The van der Waals surface area contributed by atoms with Crippen molar-refractivity contribution in [1.82, 2.24) is 4.98 Å². The number of anilines is 1. The Morgan fingerprint density at radius 1 is 1.17 bits per heavy atom. The average Bonchev–Trinajstić information content (AvgIpc) is 2.72.